The normalized spacial score (nSPS) is 10.6. The summed E-state index contributed by atoms with van der Waals surface area (Å²) in [6, 6.07) is 6.19. The van der Waals surface area contributed by atoms with E-state index in [9.17, 15) is 0 Å². The van der Waals surface area contributed by atoms with E-state index in [-0.39, 0.29) is 0 Å². The first-order valence-corrected chi connectivity index (χ1v) is 7.14. The number of hydrogen-bond donors (Lipinski definition) is 0. The highest BCUT2D eigenvalue weighted by Gasteiger charge is 2.03. The van der Waals surface area contributed by atoms with Crippen molar-refractivity contribution >= 4 is 25.6 Å². The van der Waals surface area contributed by atoms with Crippen LogP contribution in [0.25, 0.3) is 0 Å². The van der Waals surface area contributed by atoms with Gasteiger partial charge in [0.2, 0.25) is 0 Å². The van der Waals surface area contributed by atoms with Crippen LogP contribution in [0.15, 0.2) is 18.2 Å². The van der Waals surface area contributed by atoms with Crippen LogP contribution >= 0.6 is 11.6 Å². The molecule has 0 aliphatic heterocycles. The minimum Gasteiger partial charge on any atom is -0.0843 e. The molecule has 0 unspecified atom stereocenters. The summed E-state index contributed by atoms with van der Waals surface area (Å²) in [4.78, 5) is 0. The van der Waals surface area contributed by atoms with E-state index in [1.54, 1.807) is 0 Å². The third-order valence-corrected chi connectivity index (χ3v) is 3.98. The van der Waals surface area contributed by atoms with Gasteiger partial charge in [-0.3, -0.25) is 0 Å². The van der Waals surface area contributed by atoms with Gasteiger partial charge in [-0.1, -0.05) is 41.5 Å². The fourth-order valence-electron chi connectivity index (χ4n) is 1.29. The highest BCUT2D eigenvalue weighted by molar-refractivity contribution is 6.71. The largest absolute Gasteiger partial charge is 0.0843 e. The predicted octanol–water partition coefficient (Wildman–Crippen LogP) is 2.34. The Labute approximate surface area is 74.8 Å². The molecule has 1 rings (SSSR count). The number of hydrogen-bond acceptors (Lipinski definition) is 0. The van der Waals surface area contributed by atoms with Crippen molar-refractivity contribution in [2.75, 3.05) is 0 Å². The highest BCUT2D eigenvalue weighted by Crippen LogP contribution is 2.08. The second kappa shape index (κ2) is 3.42. The van der Waals surface area contributed by atoms with E-state index in [0.717, 1.165) is 5.02 Å². The second-order valence-corrected chi connectivity index (χ2v) is 6.52. The van der Waals surface area contributed by atoms with Crippen LogP contribution in [0.1, 0.15) is 5.56 Å². The smallest absolute Gasteiger partial charge is 0.0650 e. The third-order valence-electron chi connectivity index (χ3n) is 1.85. The molecule has 0 aromatic heterocycles. The van der Waals surface area contributed by atoms with Gasteiger partial charge in [0.1, 0.15) is 0 Å². The van der Waals surface area contributed by atoms with Crippen LogP contribution in [0.3, 0.4) is 0 Å². The van der Waals surface area contributed by atoms with Crippen LogP contribution in [0.2, 0.25) is 18.1 Å². The summed E-state index contributed by atoms with van der Waals surface area (Å²) < 4.78 is 0. The molecule has 0 atom stereocenters. The van der Waals surface area contributed by atoms with Gasteiger partial charge in [-0.25, -0.2) is 0 Å². The van der Waals surface area contributed by atoms with Crippen molar-refractivity contribution in [3.63, 3.8) is 0 Å². The SMILES string of the molecule is Cc1cc(Cl)ccc1[SiH](C)C. The van der Waals surface area contributed by atoms with Crippen molar-refractivity contribution in [3.05, 3.63) is 28.8 Å². The third kappa shape index (κ3) is 2.08. The Bertz CT molecular complexity index is 256. The molecule has 0 aliphatic rings. The van der Waals surface area contributed by atoms with E-state index in [1.165, 1.54) is 10.8 Å². The molecule has 0 spiro atoms. The molecule has 11 heavy (non-hydrogen) atoms. The van der Waals surface area contributed by atoms with Crippen molar-refractivity contribution in [1.82, 2.24) is 0 Å². The van der Waals surface area contributed by atoms with E-state index in [0.29, 0.717) is 0 Å². The van der Waals surface area contributed by atoms with Gasteiger partial charge in [0, 0.05) is 5.02 Å². The monoisotopic (exact) mass is 184 g/mol. The van der Waals surface area contributed by atoms with Crippen molar-refractivity contribution < 1.29 is 0 Å². The number of halogens is 1. The van der Waals surface area contributed by atoms with Crippen molar-refractivity contribution in [2.24, 2.45) is 0 Å². The lowest BCUT2D eigenvalue weighted by atomic mass is 10.2. The summed E-state index contributed by atoms with van der Waals surface area (Å²) in [5.41, 5.74) is 1.35. The summed E-state index contributed by atoms with van der Waals surface area (Å²) in [7, 11) is -0.647. The number of benzene rings is 1. The summed E-state index contributed by atoms with van der Waals surface area (Å²) in [5.74, 6) is 0. The Kier molecular flexibility index (Phi) is 2.74. The Hall–Kier alpha value is -0.273. The van der Waals surface area contributed by atoms with Gasteiger partial charge < -0.3 is 0 Å². The number of rotatable bonds is 1. The van der Waals surface area contributed by atoms with Crippen molar-refractivity contribution in [1.29, 1.82) is 0 Å². The molecule has 2 heteroatoms. The van der Waals surface area contributed by atoms with Crippen LogP contribution in [0.4, 0.5) is 0 Å². The molecule has 0 aliphatic carbocycles. The first kappa shape index (κ1) is 8.82. The fourth-order valence-corrected chi connectivity index (χ4v) is 2.99. The summed E-state index contributed by atoms with van der Waals surface area (Å²) in [6.45, 7) is 6.79. The topological polar surface area (TPSA) is 0 Å². The zero-order valence-corrected chi connectivity index (χ0v) is 9.10. The zero-order valence-electron chi connectivity index (χ0n) is 7.19. The molecule has 0 N–H and O–H groups in total. The maximum Gasteiger partial charge on any atom is 0.0650 e. The maximum absolute atomic E-state index is 5.84. The zero-order chi connectivity index (χ0) is 8.43. The van der Waals surface area contributed by atoms with E-state index < -0.39 is 8.80 Å². The molecular formula is C9H13ClSi. The van der Waals surface area contributed by atoms with Gasteiger partial charge in [0.25, 0.3) is 0 Å². The van der Waals surface area contributed by atoms with Gasteiger partial charge >= 0.3 is 0 Å². The standard InChI is InChI=1S/C9H13ClSi/c1-7-6-8(10)4-5-9(7)11(2)3/h4-6,11H,1-3H3. The van der Waals surface area contributed by atoms with Crippen LogP contribution < -0.4 is 5.19 Å². The highest BCUT2D eigenvalue weighted by atomic mass is 35.5. The van der Waals surface area contributed by atoms with Gasteiger partial charge in [-0.05, 0) is 19.1 Å². The summed E-state index contributed by atoms with van der Waals surface area (Å²) >= 11 is 5.84. The lowest BCUT2D eigenvalue weighted by Gasteiger charge is -2.07. The lowest BCUT2D eigenvalue weighted by molar-refractivity contribution is 1.51. The minimum absolute atomic E-state index is 0.647. The summed E-state index contributed by atoms with van der Waals surface area (Å²) in [6.07, 6.45) is 0. The molecule has 0 amide bonds. The predicted molar refractivity (Wildman–Crippen MR) is 54.7 cm³/mol. The van der Waals surface area contributed by atoms with Crippen LogP contribution in [0.5, 0.6) is 0 Å². The maximum atomic E-state index is 5.84. The van der Waals surface area contributed by atoms with E-state index in [2.05, 4.69) is 26.1 Å². The fraction of sp³-hybridized carbons (Fsp3) is 0.333. The average molecular weight is 185 g/mol. The Morgan fingerprint density at radius 2 is 1.91 bits per heavy atom. The molecule has 60 valence electrons. The van der Waals surface area contributed by atoms with E-state index >= 15 is 0 Å². The molecule has 0 saturated carbocycles. The van der Waals surface area contributed by atoms with Crippen LogP contribution in [-0.2, 0) is 0 Å². The molecule has 0 saturated heterocycles. The van der Waals surface area contributed by atoms with E-state index in [1.807, 2.05) is 12.1 Å². The summed E-state index contributed by atoms with van der Waals surface area (Å²) in [5, 5.41) is 2.37. The molecule has 0 heterocycles. The van der Waals surface area contributed by atoms with Crippen molar-refractivity contribution in [3.8, 4) is 0 Å². The minimum atomic E-state index is -0.647. The number of aryl methyl sites for hydroxylation is 1. The molecule has 0 bridgehead atoms. The lowest BCUT2D eigenvalue weighted by Crippen LogP contribution is -2.24. The average Bonchev–Trinajstić information content (AvgIpc) is 1.85. The van der Waals surface area contributed by atoms with Gasteiger partial charge in [-0.2, -0.15) is 0 Å². The quantitative estimate of drug-likeness (QED) is 0.588. The molecule has 1 aromatic carbocycles. The van der Waals surface area contributed by atoms with Gasteiger partial charge in [0.05, 0.1) is 8.80 Å². The molecule has 0 fully saturated rings. The Morgan fingerprint density at radius 3 is 2.36 bits per heavy atom. The Morgan fingerprint density at radius 1 is 1.27 bits per heavy atom. The molecular weight excluding hydrogens is 172 g/mol. The van der Waals surface area contributed by atoms with Gasteiger partial charge in [0.15, 0.2) is 0 Å². The second-order valence-electron chi connectivity index (χ2n) is 3.16. The van der Waals surface area contributed by atoms with E-state index in [4.69, 9.17) is 11.6 Å². The molecule has 0 radical (unpaired) electrons. The van der Waals surface area contributed by atoms with Crippen LogP contribution in [0, 0.1) is 6.92 Å². The molecule has 1 aromatic rings. The van der Waals surface area contributed by atoms with Gasteiger partial charge in [-0.15, -0.1) is 0 Å². The first-order chi connectivity index (χ1) is 5.11. The van der Waals surface area contributed by atoms with Crippen molar-refractivity contribution in [2.45, 2.75) is 20.0 Å². The Balaban J connectivity index is 3.09. The van der Waals surface area contributed by atoms with Crippen LogP contribution in [-0.4, -0.2) is 8.80 Å². The molecule has 0 nitrogen and oxygen atoms in total. The first-order valence-electron chi connectivity index (χ1n) is 3.87.